The molecule has 0 radical (unpaired) electrons. The van der Waals surface area contributed by atoms with Gasteiger partial charge in [-0.3, -0.25) is 18.6 Å². The third-order valence-electron chi connectivity index (χ3n) is 12.3. The molecule has 396 valence electrons. The lowest BCUT2D eigenvalue weighted by molar-refractivity contribution is -0.870. The predicted octanol–water partition coefficient (Wildman–Crippen LogP) is 16.7. The maximum atomic E-state index is 13.5. The van der Waals surface area contributed by atoms with Crippen LogP contribution in [0, 0.1) is 0 Å². The van der Waals surface area contributed by atoms with E-state index in [1.54, 1.807) is 0 Å². The highest BCUT2D eigenvalue weighted by molar-refractivity contribution is 7.47. The number of allylic oxidation sites excluding steroid dienone is 9. The first-order valence-corrected chi connectivity index (χ1v) is 29.6. The topological polar surface area (TPSA) is 111 Å². The monoisotopic (exact) mass is 976 g/mol. The number of ether oxygens (including phenoxy) is 1. The van der Waals surface area contributed by atoms with E-state index < -0.39 is 20.0 Å². The fourth-order valence-electron chi connectivity index (χ4n) is 7.88. The molecule has 9 nitrogen and oxygen atoms in total. The van der Waals surface area contributed by atoms with Crippen LogP contribution in [0.4, 0.5) is 0 Å². The van der Waals surface area contributed by atoms with Crippen LogP contribution in [0.2, 0.25) is 0 Å². The van der Waals surface area contributed by atoms with Crippen molar-refractivity contribution in [3.8, 4) is 0 Å². The van der Waals surface area contributed by atoms with Crippen LogP contribution in [0.1, 0.15) is 245 Å². The molecule has 0 fully saturated rings. The van der Waals surface area contributed by atoms with Gasteiger partial charge in [-0.15, -0.1) is 0 Å². The lowest BCUT2D eigenvalue weighted by Gasteiger charge is -2.27. The molecule has 0 saturated heterocycles. The van der Waals surface area contributed by atoms with E-state index in [1.165, 1.54) is 116 Å². The molecule has 0 rings (SSSR count). The third kappa shape index (κ3) is 48.7. The summed E-state index contributed by atoms with van der Waals surface area (Å²) in [5.74, 6) is -0.529. The summed E-state index contributed by atoms with van der Waals surface area (Å²) in [6.45, 7) is 6.86. The summed E-state index contributed by atoms with van der Waals surface area (Å²) >= 11 is 0. The molecule has 0 aliphatic carbocycles. The Kier molecular flexibility index (Phi) is 46.7. The van der Waals surface area contributed by atoms with Crippen molar-refractivity contribution < 1.29 is 37.3 Å². The van der Waals surface area contributed by atoms with Crippen LogP contribution in [0.15, 0.2) is 60.8 Å². The molecule has 3 atom stereocenters. The lowest BCUT2D eigenvalue weighted by Crippen LogP contribution is -2.47. The summed E-state index contributed by atoms with van der Waals surface area (Å²) in [5.41, 5.74) is 0. The standard InChI is InChI=1S/C58H107N2O7P/c1-7-10-13-16-19-22-25-27-29-31-32-35-38-41-44-47-50-57(61)59-55(54-66-68(63,64)65-53-52-60(4,5)6)56(49-46-43-40-37-34-24-21-18-15-12-9-3)67-58(62)51-48-45-42-39-36-33-30-28-26-23-20-17-14-11-8-2/h11,14,17,20,23,26,29,31,46,49,55-56H,7-10,12-13,15-16,18-19,21-22,24-25,27-28,30,32-45,47-48,50-54H2,1-6H3,(H-,59,61,63,64)/p+1/b14-11+,20-17+,26-23+,31-29+,49-46+. The van der Waals surface area contributed by atoms with E-state index in [1.807, 2.05) is 33.3 Å². The lowest BCUT2D eigenvalue weighted by atomic mass is 10.1. The highest BCUT2D eigenvalue weighted by Gasteiger charge is 2.30. The molecule has 2 N–H and O–H groups in total. The average Bonchev–Trinajstić information content (AvgIpc) is 3.29. The Bertz CT molecular complexity index is 1350. The fraction of sp³-hybridized carbons (Fsp3) is 0.793. The van der Waals surface area contributed by atoms with E-state index in [-0.39, 0.29) is 31.5 Å². The van der Waals surface area contributed by atoms with E-state index in [4.69, 9.17) is 13.8 Å². The van der Waals surface area contributed by atoms with Gasteiger partial charge in [-0.25, -0.2) is 4.57 Å². The number of carbonyl (C=O) groups excluding carboxylic acids is 2. The number of phosphoric ester groups is 1. The number of esters is 1. The van der Waals surface area contributed by atoms with Gasteiger partial charge in [0.2, 0.25) is 5.91 Å². The summed E-state index contributed by atoms with van der Waals surface area (Å²) in [7, 11) is 1.48. The highest BCUT2D eigenvalue weighted by atomic mass is 31.2. The fourth-order valence-corrected chi connectivity index (χ4v) is 8.61. The van der Waals surface area contributed by atoms with Gasteiger partial charge in [0.15, 0.2) is 0 Å². The number of hydrogen-bond acceptors (Lipinski definition) is 6. The van der Waals surface area contributed by atoms with Gasteiger partial charge in [-0.05, 0) is 76.7 Å². The van der Waals surface area contributed by atoms with Crippen molar-refractivity contribution in [1.82, 2.24) is 5.32 Å². The Morgan fingerprint density at radius 1 is 0.529 bits per heavy atom. The SMILES string of the molecule is CC/C=C/C=C/C=C/CCCCCCCCCC(=O)OC(/C=C/CCCCCCCCCCC)C(COP(=O)(O)OCC[N+](C)(C)C)NC(=O)CCCCCCC/C=C/CCCCCCCCC. The third-order valence-corrected chi connectivity index (χ3v) is 13.2. The number of unbranched alkanes of at least 4 members (excludes halogenated alkanes) is 28. The predicted molar refractivity (Wildman–Crippen MR) is 291 cm³/mol. The van der Waals surface area contributed by atoms with Crippen LogP contribution in [0.5, 0.6) is 0 Å². The number of phosphoric acid groups is 1. The van der Waals surface area contributed by atoms with E-state index in [0.717, 1.165) is 96.3 Å². The van der Waals surface area contributed by atoms with Crippen LogP contribution in [-0.4, -0.2) is 74.3 Å². The Labute approximate surface area is 420 Å². The molecule has 0 bridgehead atoms. The van der Waals surface area contributed by atoms with Gasteiger partial charge in [0.25, 0.3) is 0 Å². The summed E-state index contributed by atoms with van der Waals surface area (Å²) in [4.78, 5) is 37.5. The molecule has 3 unspecified atom stereocenters. The number of likely N-dealkylation sites (N-methyl/N-ethyl adjacent to an activating group) is 1. The van der Waals surface area contributed by atoms with Crippen molar-refractivity contribution >= 4 is 19.7 Å². The van der Waals surface area contributed by atoms with Gasteiger partial charge < -0.3 is 19.4 Å². The molecule has 1 amide bonds. The largest absolute Gasteiger partial charge is 0.472 e. The second-order valence-corrected chi connectivity index (χ2v) is 21.6. The average molecular weight is 976 g/mol. The van der Waals surface area contributed by atoms with Gasteiger partial charge in [0.05, 0.1) is 33.8 Å². The van der Waals surface area contributed by atoms with Crippen molar-refractivity contribution in [3.63, 3.8) is 0 Å². The molecular formula is C58H108N2O7P+. The first-order valence-electron chi connectivity index (χ1n) is 28.1. The zero-order valence-electron chi connectivity index (χ0n) is 45.1. The Morgan fingerprint density at radius 3 is 1.44 bits per heavy atom. The zero-order valence-corrected chi connectivity index (χ0v) is 46.0. The van der Waals surface area contributed by atoms with Gasteiger partial charge in [-0.2, -0.15) is 0 Å². The Morgan fingerprint density at radius 2 is 0.956 bits per heavy atom. The molecule has 0 heterocycles. The second kappa shape index (κ2) is 48.3. The van der Waals surface area contributed by atoms with E-state index in [9.17, 15) is 19.0 Å². The summed E-state index contributed by atoms with van der Waals surface area (Å²) < 4.78 is 30.6. The first kappa shape index (κ1) is 65.7. The van der Waals surface area contributed by atoms with Crippen LogP contribution in [-0.2, 0) is 27.9 Å². The van der Waals surface area contributed by atoms with Crippen molar-refractivity contribution in [1.29, 1.82) is 0 Å². The molecule has 0 aliphatic rings. The molecule has 0 saturated carbocycles. The van der Waals surface area contributed by atoms with Crippen molar-refractivity contribution in [2.24, 2.45) is 0 Å². The highest BCUT2D eigenvalue weighted by Crippen LogP contribution is 2.43. The maximum Gasteiger partial charge on any atom is 0.472 e. The normalized spacial score (nSPS) is 14.3. The van der Waals surface area contributed by atoms with Crippen LogP contribution in [0.3, 0.4) is 0 Å². The number of nitrogens with zero attached hydrogens (tertiary/aromatic N) is 1. The summed E-state index contributed by atoms with van der Waals surface area (Å²) in [5, 5.41) is 3.04. The van der Waals surface area contributed by atoms with Crippen molar-refractivity contribution in [2.75, 3.05) is 40.9 Å². The number of rotatable bonds is 50. The van der Waals surface area contributed by atoms with Gasteiger partial charge >= 0.3 is 13.8 Å². The van der Waals surface area contributed by atoms with Gasteiger partial charge in [-0.1, -0.05) is 217 Å². The molecule has 0 aromatic rings. The second-order valence-electron chi connectivity index (χ2n) is 20.1. The zero-order chi connectivity index (χ0) is 50.1. The number of quaternary nitrogens is 1. The number of carbonyl (C=O) groups is 2. The smallest absolute Gasteiger partial charge is 0.456 e. The Balaban J connectivity index is 5.36. The molecular weight excluding hydrogens is 868 g/mol. The van der Waals surface area contributed by atoms with E-state index in [0.29, 0.717) is 17.4 Å². The molecule has 0 aliphatic heterocycles. The van der Waals surface area contributed by atoms with Crippen LogP contribution in [0.25, 0.3) is 0 Å². The molecule has 68 heavy (non-hydrogen) atoms. The quantitative estimate of drug-likeness (QED) is 0.0156. The van der Waals surface area contributed by atoms with Gasteiger partial charge in [0, 0.05) is 12.8 Å². The maximum absolute atomic E-state index is 13.5. The number of amides is 1. The van der Waals surface area contributed by atoms with E-state index >= 15 is 0 Å². The molecule has 0 spiro atoms. The molecule has 0 aromatic carbocycles. The Hall–Kier alpha value is -2.29. The minimum absolute atomic E-state index is 0.0352. The summed E-state index contributed by atoms with van der Waals surface area (Å²) in [6, 6.07) is -0.857. The minimum atomic E-state index is -4.45. The minimum Gasteiger partial charge on any atom is -0.456 e. The number of nitrogens with one attached hydrogen (secondary N) is 1. The van der Waals surface area contributed by atoms with Crippen molar-refractivity contribution in [2.45, 2.75) is 258 Å². The first-order chi connectivity index (χ1) is 32.9. The van der Waals surface area contributed by atoms with Crippen LogP contribution >= 0.6 is 7.82 Å². The van der Waals surface area contributed by atoms with Gasteiger partial charge in [0.1, 0.15) is 19.3 Å². The number of hydrogen-bond donors (Lipinski definition) is 2. The van der Waals surface area contributed by atoms with Crippen LogP contribution < -0.4 is 5.32 Å². The molecule has 0 aromatic heterocycles. The summed E-state index contributed by atoms with van der Waals surface area (Å²) in [6.07, 6.45) is 59.2. The molecule has 10 heteroatoms. The van der Waals surface area contributed by atoms with E-state index in [2.05, 4.69) is 74.7 Å². The van der Waals surface area contributed by atoms with Crippen molar-refractivity contribution in [3.05, 3.63) is 60.8 Å².